The van der Waals surface area contributed by atoms with Crippen molar-refractivity contribution in [2.24, 2.45) is 11.8 Å². The average molecular weight is 601 g/mol. The van der Waals surface area contributed by atoms with E-state index in [1.54, 1.807) is 19.1 Å². The summed E-state index contributed by atoms with van der Waals surface area (Å²) in [4.78, 5) is 22.6. The highest BCUT2D eigenvalue weighted by Crippen LogP contribution is 2.50. The predicted molar refractivity (Wildman–Crippen MR) is 157 cm³/mol. The van der Waals surface area contributed by atoms with E-state index < -0.39 is 5.41 Å². The summed E-state index contributed by atoms with van der Waals surface area (Å²) in [6.45, 7) is 9.56. The Balaban J connectivity index is 1.35. The summed E-state index contributed by atoms with van der Waals surface area (Å²) in [5.74, 6) is 1.26. The number of pyridine rings is 1. The average Bonchev–Trinajstić information content (AvgIpc) is 3.77. The van der Waals surface area contributed by atoms with Gasteiger partial charge in [-0.25, -0.2) is 4.98 Å². The number of rotatable bonds is 9. The molecule has 1 saturated heterocycles. The maximum Gasteiger partial charge on any atom is 0.225 e. The van der Waals surface area contributed by atoms with Crippen LogP contribution < -0.4 is 9.62 Å². The quantitative estimate of drug-likeness (QED) is 0.357. The Kier molecular flexibility index (Phi) is 7.24. The van der Waals surface area contributed by atoms with Gasteiger partial charge in [0.1, 0.15) is 15.9 Å². The van der Waals surface area contributed by atoms with Crippen LogP contribution in [0.2, 0.25) is 5.15 Å². The Morgan fingerprint density at radius 1 is 1.32 bits per heavy atom. The Morgan fingerprint density at radius 2 is 2.08 bits per heavy atom. The minimum atomic E-state index is -0.506. The van der Waals surface area contributed by atoms with Crippen LogP contribution in [0.1, 0.15) is 45.0 Å². The summed E-state index contributed by atoms with van der Waals surface area (Å²) in [5.41, 5.74) is 1.28. The van der Waals surface area contributed by atoms with Crippen LogP contribution in [-0.2, 0) is 14.9 Å². The number of carbonyl (C=O) groups excluding carboxylic acids is 1. The molecule has 3 aromatic heterocycles. The van der Waals surface area contributed by atoms with Crippen molar-refractivity contribution in [3.8, 4) is 16.9 Å². The molecule has 0 spiro atoms. The number of fused-ring (bicyclic) bond motifs is 1. The lowest BCUT2D eigenvalue weighted by Crippen LogP contribution is -2.50. The van der Waals surface area contributed by atoms with Gasteiger partial charge in [-0.15, -0.1) is 10.2 Å². The molecule has 1 aliphatic heterocycles. The molecule has 0 radical (unpaired) electrons. The lowest BCUT2D eigenvalue weighted by Gasteiger charge is -2.37. The van der Waals surface area contributed by atoms with E-state index in [1.807, 2.05) is 29.3 Å². The summed E-state index contributed by atoms with van der Waals surface area (Å²) in [6.07, 6.45) is 4.72. The Hall–Kier alpha value is -2.43. The van der Waals surface area contributed by atoms with Gasteiger partial charge in [0.25, 0.3) is 0 Å². The summed E-state index contributed by atoms with van der Waals surface area (Å²) >= 11 is 9.83. The van der Waals surface area contributed by atoms with Crippen molar-refractivity contribution < 1.29 is 9.53 Å². The molecule has 0 bridgehead atoms. The van der Waals surface area contributed by atoms with Crippen molar-refractivity contribution in [1.82, 2.24) is 29.2 Å². The molecule has 4 heterocycles. The highest BCUT2D eigenvalue weighted by atomic mass is 35.5. The van der Waals surface area contributed by atoms with E-state index in [9.17, 15) is 10.1 Å². The molecule has 3 fully saturated rings. The van der Waals surface area contributed by atoms with Gasteiger partial charge >= 0.3 is 0 Å². The van der Waals surface area contributed by atoms with E-state index in [0.29, 0.717) is 48.1 Å². The van der Waals surface area contributed by atoms with Crippen molar-refractivity contribution >= 4 is 52.0 Å². The molecule has 0 unspecified atom stereocenters. The summed E-state index contributed by atoms with van der Waals surface area (Å²) < 4.78 is 11.0. The number of hydrogen-bond donors (Lipinski definition) is 1. The summed E-state index contributed by atoms with van der Waals surface area (Å²) in [5, 5.41) is 20.2. The molecule has 40 heavy (non-hydrogen) atoms. The first-order valence-electron chi connectivity index (χ1n) is 13.6. The van der Waals surface area contributed by atoms with Crippen molar-refractivity contribution in [3.63, 3.8) is 0 Å². The number of methoxy groups -OCH3 is 1. The van der Waals surface area contributed by atoms with E-state index in [2.05, 4.69) is 38.9 Å². The Morgan fingerprint density at radius 3 is 2.73 bits per heavy atom. The van der Waals surface area contributed by atoms with Gasteiger partial charge in [0.2, 0.25) is 5.91 Å². The number of imidazole rings is 1. The number of nitriles is 1. The molecule has 2 atom stereocenters. The lowest BCUT2D eigenvalue weighted by molar-refractivity contribution is -0.134. The molecule has 3 aromatic rings. The maximum absolute atomic E-state index is 12.6. The lowest BCUT2D eigenvalue weighted by atomic mass is 10.1. The topological polar surface area (TPSA) is 112 Å². The van der Waals surface area contributed by atoms with Gasteiger partial charge in [-0.3, -0.25) is 13.9 Å². The normalized spacial score (nSPS) is 23.6. The largest absolute Gasteiger partial charge is 0.384 e. The molecule has 1 N–H and O–H groups in total. The van der Waals surface area contributed by atoms with Crippen LogP contribution in [0.5, 0.6) is 0 Å². The number of nitrogens with zero attached hydrogens (tertiary/aromatic N) is 7. The van der Waals surface area contributed by atoms with Crippen LogP contribution >= 0.6 is 34.9 Å². The van der Waals surface area contributed by atoms with Crippen molar-refractivity contribution in [3.05, 3.63) is 22.4 Å². The van der Waals surface area contributed by atoms with Gasteiger partial charge in [0.15, 0.2) is 16.0 Å². The zero-order valence-corrected chi connectivity index (χ0v) is 25.5. The fourth-order valence-corrected chi connectivity index (χ4v) is 7.54. The van der Waals surface area contributed by atoms with Gasteiger partial charge in [-0.2, -0.15) is 5.26 Å². The maximum atomic E-state index is 12.6. The summed E-state index contributed by atoms with van der Waals surface area (Å²) in [6, 6.07) is 4.56. The Bertz CT molecular complexity index is 1490. The minimum absolute atomic E-state index is 0.0120. The third kappa shape index (κ3) is 4.96. The number of carbonyl (C=O) groups is 1. The number of aromatic nitrogens is 4. The van der Waals surface area contributed by atoms with E-state index in [-0.39, 0.29) is 17.4 Å². The van der Waals surface area contributed by atoms with Crippen LogP contribution in [0, 0.1) is 23.2 Å². The highest BCUT2D eigenvalue weighted by Gasteiger charge is 2.50. The van der Waals surface area contributed by atoms with E-state index in [0.717, 1.165) is 47.0 Å². The molecule has 10 nitrogen and oxygen atoms in total. The second-order valence-corrected chi connectivity index (χ2v) is 13.8. The standard InChI is InChI=1S/C27H33ClN8O2S2/c1-16(2)24(37)35-9-7-34(8-10-35)19-11-18(40-33-26(3)12-17(26)14-38-4)13-36-20(19)21(28)30-22(36)23-31-32-25(39-23)27(15-29)5-6-27/h11,13,16-17,33H,5-10,12,14H2,1-4H3/t17-,26+/m0/s1. The predicted octanol–water partition coefficient (Wildman–Crippen LogP) is 4.39. The number of ether oxygens (including phenoxy) is 1. The number of anilines is 1. The molecule has 0 aromatic carbocycles. The van der Waals surface area contributed by atoms with Gasteiger partial charge in [0.05, 0.1) is 18.4 Å². The third-order valence-electron chi connectivity index (χ3n) is 8.24. The zero-order valence-electron chi connectivity index (χ0n) is 23.1. The van der Waals surface area contributed by atoms with Crippen LogP contribution in [0.4, 0.5) is 5.69 Å². The molecule has 2 aliphatic carbocycles. The molecule has 13 heteroatoms. The fraction of sp³-hybridized carbons (Fsp3) is 0.593. The van der Waals surface area contributed by atoms with Crippen LogP contribution in [-0.4, -0.2) is 75.8 Å². The van der Waals surface area contributed by atoms with E-state index in [4.69, 9.17) is 21.3 Å². The molecule has 3 aliphatic rings. The molecule has 1 amide bonds. The fourth-order valence-electron chi connectivity index (χ4n) is 5.31. The van der Waals surface area contributed by atoms with E-state index in [1.165, 1.54) is 11.3 Å². The van der Waals surface area contributed by atoms with Crippen LogP contribution in [0.3, 0.4) is 0 Å². The second-order valence-electron chi connectivity index (χ2n) is 11.6. The number of halogens is 1. The first-order chi connectivity index (χ1) is 19.2. The molecule has 212 valence electrons. The monoisotopic (exact) mass is 600 g/mol. The Labute approximate surface area is 247 Å². The van der Waals surface area contributed by atoms with Crippen LogP contribution in [0.15, 0.2) is 17.2 Å². The van der Waals surface area contributed by atoms with Gasteiger partial charge in [-0.05, 0) is 44.2 Å². The molecular weight excluding hydrogens is 568 g/mol. The van der Waals surface area contributed by atoms with Crippen molar-refractivity contribution in [1.29, 1.82) is 5.26 Å². The smallest absolute Gasteiger partial charge is 0.225 e. The third-order valence-corrected chi connectivity index (χ3v) is 10.7. The van der Waals surface area contributed by atoms with Gasteiger partial charge in [-0.1, -0.05) is 36.8 Å². The zero-order chi connectivity index (χ0) is 28.2. The second kappa shape index (κ2) is 10.4. The highest BCUT2D eigenvalue weighted by molar-refractivity contribution is 7.97. The van der Waals surface area contributed by atoms with Gasteiger partial charge in [0, 0.05) is 61.8 Å². The number of nitrogens with one attached hydrogen (secondary N) is 1. The van der Waals surface area contributed by atoms with Gasteiger partial charge < -0.3 is 14.5 Å². The number of piperazine rings is 1. The van der Waals surface area contributed by atoms with E-state index >= 15 is 0 Å². The SMILES string of the molecule is COC[C@@H]1C[C@@]1(C)NSc1cc(N2CCN(C(=O)C(C)C)CC2)c2c(Cl)nc(-c3nnc(C4(C#N)CC4)s3)n2c1. The first kappa shape index (κ1) is 27.7. The van der Waals surface area contributed by atoms with Crippen molar-refractivity contribution in [2.75, 3.05) is 44.8 Å². The van der Waals surface area contributed by atoms with Crippen molar-refractivity contribution in [2.45, 2.75) is 55.9 Å². The molecular formula is C27H33ClN8O2S2. The summed E-state index contributed by atoms with van der Waals surface area (Å²) in [7, 11) is 1.74. The first-order valence-corrected chi connectivity index (χ1v) is 15.6. The van der Waals surface area contributed by atoms with Crippen LogP contribution in [0.25, 0.3) is 16.3 Å². The molecule has 2 saturated carbocycles. The minimum Gasteiger partial charge on any atom is -0.384 e. The molecule has 6 rings (SSSR count). The number of amides is 1. The number of hydrogen-bond acceptors (Lipinski definition) is 10.